The van der Waals surface area contributed by atoms with E-state index in [1.54, 1.807) is 11.3 Å². The molecule has 3 rings (SSSR count). The second-order valence-corrected chi connectivity index (χ2v) is 4.96. The van der Waals surface area contributed by atoms with Crippen LogP contribution in [-0.4, -0.2) is 34.3 Å². The Hall–Kier alpha value is -1.20. The molecule has 1 aliphatic rings. The van der Waals surface area contributed by atoms with Crippen molar-refractivity contribution in [2.45, 2.75) is 18.9 Å². The first kappa shape index (κ1) is 9.99. The molecule has 1 atom stereocenters. The van der Waals surface area contributed by atoms with Crippen LogP contribution in [-0.2, 0) is 0 Å². The summed E-state index contributed by atoms with van der Waals surface area (Å²) in [7, 11) is 0. The number of aromatic nitrogens is 2. The first-order chi connectivity index (χ1) is 7.88. The maximum absolute atomic E-state index is 9.28. The maximum atomic E-state index is 9.28. The number of hydrogen-bond acceptors (Lipinski definition) is 5. The number of rotatable bonds is 2. The molecule has 0 bridgehead atoms. The van der Waals surface area contributed by atoms with Crippen LogP contribution in [0.3, 0.4) is 0 Å². The van der Waals surface area contributed by atoms with E-state index < -0.39 is 0 Å². The lowest BCUT2D eigenvalue weighted by Crippen LogP contribution is -2.33. The van der Waals surface area contributed by atoms with Crippen molar-refractivity contribution in [3.05, 3.63) is 17.6 Å². The number of anilines is 1. The minimum atomic E-state index is 0.186. The van der Waals surface area contributed by atoms with Gasteiger partial charge in [0, 0.05) is 6.54 Å². The number of aliphatic hydroxyl groups excluding tert-OH is 1. The van der Waals surface area contributed by atoms with E-state index in [1.807, 2.05) is 17.6 Å². The third-order valence-electron chi connectivity index (χ3n) is 3.04. The molecular weight excluding hydrogens is 222 g/mol. The Kier molecular flexibility index (Phi) is 2.49. The van der Waals surface area contributed by atoms with Crippen molar-refractivity contribution in [2.75, 3.05) is 18.1 Å². The predicted molar refractivity (Wildman–Crippen MR) is 64.9 cm³/mol. The summed E-state index contributed by atoms with van der Waals surface area (Å²) in [6.45, 7) is 1.13. The van der Waals surface area contributed by atoms with Gasteiger partial charge in [-0.05, 0) is 24.3 Å². The van der Waals surface area contributed by atoms with Crippen LogP contribution in [0.2, 0.25) is 0 Å². The zero-order valence-corrected chi connectivity index (χ0v) is 9.65. The molecule has 0 radical (unpaired) electrons. The van der Waals surface area contributed by atoms with Crippen LogP contribution in [0.25, 0.3) is 10.2 Å². The highest BCUT2D eigenvalue weighted by Crippen LogP contribution is 2.25. The van der Waals surface area contributed by atoms with Crippen molar-refractivity contribution in [1.82, 2.24) is 9.97 Å². The highest BCUT2D eigenvalue weighted by molar-refractivity contribution is 7.17. The van der Waals surface area contributed by atoms with E-state index in [0.29, 0.717) is 0 Å². The summed E-state index contributed by atoms with van der Waals surface area (Å²) in [5.74, 6) is 0.752. The van der Waals surface area contributed by atoms with E-state index >= 15 is 0 Å². The van der Waals surface area contributed by atoms with Crippen LogP contribution in [0, 0.1) is 0 Å². The van der Waals surface area contributed by atoms with Gasteiger partial charge < -0.3 is 10.0 Å². The molecule has 84 valence electrons. The Labute approximate surface area is 97.6 Å². The van der Waals surface area contributed by atoms with E-state index in [1.165, 1.54) is 0 Å². The normalized spacial score (nSPS) is 20.8. The first-order valence-corrected chi connectivity index (χ1v) is 6.34. The molecule has 1 saturated heterocycles. The molecule has 0 amide bonds. The Morgan fingerprint density at radius 1 is 1.56 bits per heavy atom. The van der Waals surface area contributed by atoms with Crippen molar-refractivity contribution < 1.29 is 5.11 Å². The summed E-state index contributed by atoms with van der Waals surface area (Å²) in [5, 5.41) is 11.3. The number of aliphatic hydroxyl groups is 1. The lowest BCUT2D eigenvalue weighted by atomic mass is 10.2. The Balaban J connectivity index is 1.98. The number of fused-ring (bicyclic) bond motifs is 1. The van der Waals surface area contributed by atoms with Gasteiger partial charge in [-0.15, -0.1) is 11.3 Å². The van der Waals surface area contributed by atoms with Crippen molar-refractivity contribution in [1.29, 1.82) is 0 Å². The largest absolute Gasteiger partial charge is 0.394 e. The minimum Gasteiger partial charge on any atom is -0.394 e. The van der Waals surface area contributed by atoms with E-state index in [-0.39, 0.29) is 12.6 Å². The van der Waals surface area contributed by atoms with Gasteiger partial charge in [-0.1, -0.05) is 0 Å². The molecule has 0 spiro atoms. The molecule has 2 aromatic rings. The SMILES string of the molecule is OC[C@H]1CCCN1c1ncc2sccc2n1. The molecule has 2 aromatic heterocycles. The van der Waals surface area contributed by atoms with Gasteiger partial charge in [0.2, 0.25) is 5.95 Å². The molecule has 5 heteroatoms. The van der Waals surface area contributed by atoms with Crippen LogP contribution < -0.4 is 4.90 Å². The fourth-order valence-electron chi connectivity index (χ4n) is 2.18. The van der Waals surface area contributed by atoms with Crippen molar-refractivity contribution >= 4 is 27.5 Å². The number of thiophene rings is 1. The molecule has 3 heterocycles. The highest BCUT2D eigenvalue weighted by atomic mass is 32.1. The van der Waals surface area contributed by atoms with Gasteiger partial charge in [-0.25, -0.2) is 9.97 Å². The Morgan fingerprint density at radius 2 is 2.50 bits per heavy atom. The van der Waals surface area contributed by atoms with Gasteiger partial charge in [-0.2, -0.15) is 0 Å². The highest BCUT2D eigenvalue weighted by Gasteiger charge is 2.25. The second-order valence-electron chi connectivity index (χ2n) is 4.01. The molecule has 0 unspecified atom stereocenters. The third kappa shape index (κ3) is 1.56. The first-order valence-electron chi connectivity index (χ1n) is 5.46. The summed E-state index contributed by atoms with van der Waals surface area (Å²) in [6.07, 6.45) is 4.01. The minimum absolute atomic E-state index is 0.186. The summed E-state index contributed by atoms with van der Waals surface area (Å²) in [4.78, 5) is 11.0. The monoisotopic (exact) mass is 235 g/mol. The van der Waals surface area contributed by atoms with Crippen molar-refractivity contribution in [3.63, 3.8) is 0 Å². The topological polar surface area (TPSA) is 49.2 Å². The van der Waals surface area contributed by atoms with E-state index in [2.05, 4.69) is 14.9 Å². The quantitative estimate of drug-likeness (QED) is 0.860. The van der Waals surface area contributed by atoms with Crippen molar-refractivity contribution in [2.24, 2.45) is 0 Å². The smallest absolute Gasteiger partial charge is 0.226 e. The lowest BCUT2D eigenvalue weighted by Gasteiger charge is -2.22. The lowest BCUT2D eigenvalue weighted by molar-refractivity contribution is 0.265. The van der Waals surface area contributed by atoms with Crippen LogP contribution in [0.15, 0.2) is 17.6 Å². The van der Waals surface area contributed by atoms with Gasteiger partial charge in [0.15, 0.2) is 0 Å². The molecular formula is C11H13N3OS. The fraction of sp³-hybridized carbons (Fsp3) is 0.455. The van der Waals surface area contributed by atoms with Crippen LogP contribution in [0.4, 0.5) is 5.95 Å². The van der Waals surface area contributed by atoms with Crippen LogP contribution >= 0.6 is 11.3 Å². The van der Waals surface area contributed by atoms with E-state index in [4.69, 9.17) is 0 Å². The average Bonchev–Trinajstić information content (AvgIpc) is 2.96. The summed E-state index contributed by atoms with van der Waals surface area (Å²) in [5.41, 5.74) is 0.999. The molecule has 0 aromatic carbocycles. The van der Waals surface area contributed by atoms with Gasteiger partial charge in [0.05, 0.1) is 29.1 Å². The molecule has 1 aliphatic heterocycles. The Morgan fingerprint density at radius 3 is 3.38 bits per heavy atom. The zero-order valence-electron chi connectivity index (χ0n) is 8.83. The summed E-state index contributed by atoms with van der Waals surface area (Å²) >= 11 is 1.65. The standard InChI is InChI=1S/C11H13N3OS/c15-7-8-2-1-4-14(8)11-12-6-10-9(13-11)3-5-16-10/h3,5-6,8,15H,1-2,4,7H2/t8-/m1/s1. The van der Waals surface area contributed by atoms with Gasteiger partial charge >= 0.3 is 0 Å². The number of nitrogens with zero attached hydrogens (tertiary/aromatic N) is 3. The third-order valence-corrected chi connectivity index (χ3v) is 3.88. The molecule has 1 fully saturated rings. The molecule has 1 N–H and O–H groups in total. The van der Waals surface area contributed by atoms with E-state index in [0.717, 1.165) is 35.6 Å². The van der Waals surface area contributed by atoms with Crippen molar-refractivity contribution in [3.8, 4) is 0 Å². The molecule has 0 saturated carbocycles. The fourth-order valence-corrected chi connectivity index (χ4v) is 2.87. The number of hydrogen-bond donors (Lipinski definition) is 1. The molecule has 0 aliphatic carbocycles. The van der Waals surface area contributed by atoms with Crippen LogP contribution in [0.5, 0.6) is 0 Å². The second kappa shape index (κ2) is 3.99. The van der Waals surface area contributed by atoms with Gasteiger partial charge in [-0.3, -0.25) is 0 Å². The van der Waals surface area contributed by atoms with E-state index in [9.17, 15) is 5.11 Å². The molecule has 16 heavy (non-hydrogen) atoms. The van der Waals surface area contributed by atoms with Gasteiger partial charge in [0.25, 0.3) is 0 Å². The summed E-state index contributed by atoms with van der Waals surface area (Å²) in [6, 6.07) is 2.20. The summed E-state index contributed by atoms with van der Waals surface area (Å²) < 4.78 is 1.11. The molecule has 4 nitrogen and oxygen atoms in total. The van der Waals surface area contributed by atoms with Crippen LogP contribution in [0.1, 0.15) is 12.8 Å². The predicted octanol–water partition coefficient (Wildman–Crippen LogP) is 1.65. The average molecular weight is 235 g/mol. The zero-order chi connectivity index (χ0) is 11.0. The Bertz CT molecular complexity index is 499. The maximum Gasteiger partial charge on any atom is 0.226 e. The van der Waals surface area contributed by atoms with Gasteiger partial charge in [0.1, 0.15) is 0 Å².